The van der Waals surface area contributed by atoms with Crippen molar-refractivity contribution in [1.29, 1.82) is 0 Å². The Morgan fingerprint density at radius 2 is 1.41 bits per heavy atom. The van der Waals surface area contributed by atoms with E-state index in [0.29, 0.717) is 31.5 Å². The maximum Gasteiger partial charge on any atom is 0.319 e. The molecular weight excluding hydrogens is 416 g/mol. The van der Waals surface area contributed by atoms with E-state index in [1.807, 2.05) is 19.1 Å². The molecule has 0 aliphatic rings. The summed E-state index contributed by atoms with van der Waals surface area (Å²) in [7, 11) is 0. The summed E-state index contributed by atoms with van der Waals surface area (Å²) in [4.78, 5) is 58.2. The van der Waals surface area contributed by atoms with E-state index in [4.69, 9.17) is 5.11 Å². The van der Waals surface area contributed by atoms with Gasteiger partial charge in [-0.05, 0) is 58.6 Å². The number of nitrogens with one attached hydrogen (secondary N) is 4. The average Bonchev–Trinajstić information content (AvgIpc) is 2.71. The van der Waals surface area contributed by atoms with Crippen molar-refractivity contribution < 1.29 is 29.1 Å². The van der Waals surface area contributed by atoms with Gasteiger partial charge in [-0.1, -0.05) is 17.7 Å². The Balaban J connectivity index is 2.36. The van der Waals surface area contributed by atoms with E-state index in [1.54, 1.807) is 12.1 Å². The number of carbonyl (C=O) groups excluding carboxylic acids is 4. The van der Waals surface area contributed by atoms with Crippen LogP contribution >= 0.6 is 0 Å². The van der Waals surface area contributed by atoms with Crippen LogP contribution in [0.3, 0.4) is 0 Å². The van der Waals surface area contributed by atoms with Gasteiger partial charge >= 0.3 is 18.0 Å². The molecule has 1 aromatic rings. The van der Waals surface area contributed by atoms with Crippen LogP contribution in [0.2, 0.25) is 0 Å². The van der Waals surface area contributed by atoms with E-state index in [-0.39, 0.29) is 30.4 Å². The lowest BCUT2D eigenvalue weighted by Gasteiger charge is -2.20. The largest absolute Gasteiger partial charge is 0.481 e. The summed E-state index contributed by atoms with van der Waals surface area (Å²) in [5.41, 5.74) is 1.78. The number of aryl methyl sites for hydroxylation is 1. The van der Waals surface area contributed by atoms with Crippen molar-refractivity contribution in [3.8, 4) is 0 Å². The molecule has 0 aromatic heterocycles. The van der Waals surface area contributed by atoms with Gasteiger partial charge in [0, 0.05) is 18.7 Å². The molecule has 0 saturated carbocycles. The number of aliphatic carboxylic acids is 1. The minimum Gasteiger partial charge on any atom is -0.481 e. The first-order valence-electron chi connectivity index (χ1n) is 10.5. The van der Waals surface area contributed by atoms with E-state index < -0.39 is 24.1 Å². The van der Waals surface area contributed by atoms with Crippen molar-refractivity contribution in [3.63, 3.8) is 0 Å². The molecule has 0 radical (unpaired) electrons. The Kier molecular flexibility index (Phi) is 11.5. The summed E-state index contributed by atoms with van der Waals surface area (Å²) < 4.78 is 0. The third-order valence-corrected chi connectivity index (χ3v) is 4.75. The first kappa shape index (κ1) is 26.6. The Morgan fingerprint density at radius 1 is 0.844 bits per heavy atom. The maximum atomic E-state index is 12.2. The van der Waals surface area contributed by atoms with E-state index in [9.17, 15) is 24.0 Å². The zero-order chi connectivity index (χ0) is 24.1. The Morgan fingerprint density at radius 3 is 1.94 bits per heavy atom. The molecule has 2 atom stereocenters. The van der Waals surface area contributed by atoms with Crippen LogP contribution in [0.1, 0.15) is 51.5 Å². The fourth-order valence-electron chi connectivity index (χ4n) is 2.87. The summed E-state index contributed by atoms with van der Waals surface area (Å²) >= 11 is 0. The molecule has 176 valence electrons. The van der Waals surface area contributed by atoms with E-state index in [0.717, 1.165) is 5.56 Å². The summed E-state index contributed by atoms with van der Waals surface area (Å²) in [5, 5.41) is 19.1. The van der Waals surface area contributed by atoms with Crippen LogP contribution in [0.4, 0.5) is 15.3 Å². The van der Waals surface area contributed by atoms with Gasteiger partial charge in [0.25, 0.3) is 0 Å². The molecule has 1 rings (SSSR count). The van der Waals surface area contributed by atoms with Gasteiger partial charge in [-0.25, -0.2) is 9.59 Å². The summed E-state index contributed by atoms with van der Waals surface area (Å²) in [6.45, 7) is 4.97. The van der Waals surface area contributed by atoms with Crippen molar-refractivity contribution >= 4 is 35.3 Å². The van der Waals surface area contributed by atoms with E-state index in [1.165, 1.54) is 13.8 Å². The standard InChI is InChI=1S/C22H32N4O6/c1-14-7-9-17(10-8-14)24-21(31)23-13-5-4-6-18(15(2)27)25-22(32)26-19(16(3)28)11-12-20(29)30/h7-10,18-19H,4-6,11-13H2,1-3H3,(H,29,30)(H2,23,24,31)(H2,25,26,32). The minimum atomic E-state index is -1.07. The monoisotopic (exact) mass is 448 g/mol. The molecular formula is C22H32N4O6. The fourth-order valence-corrected chi connectivity index (χ4v) is 2.87. The summed E-state index contributed by atoms with van der Waals surface area (Å²) in [6.07, 6.45) is 1.25. The van der Waals surface area contributed by atoms with Gasteiger partial charge in [0.15, 0.2) is 11.6 Å². The van der Waals surface area contributed by atoms with Crippen LogP contribution in [0.25, 0.3) is 0 Å². The molecule has 10 nitrogen and oxygen atoms in total. The van der Waals surface area contributed by atoms with Gasteiger partial charge in [0.05, 0.1) is 12.1 Å². The second-order valence-electron chi connectivity index (χ2n) is 7.62. The number of rotatable bonds is 13. The predicted octanol–water partition coefficient (Wildman–Crippen LogP) is 2.37. The highest BCUT2D eigenvalue weighted by atomic mass is 16.4. The number of amides is 4. The topological polar surface area (TPSA) is 154 Å². The lowest BCUT2D eigenvalue weighted by molar-refractivity contribution is -0.137. The number of hydrogen-bond donors (Lipinski definition) is 5. The first-order chi connectivity index (χ1) is 15.1. The van der Waals surface area contributed by atoms with Gasteiger partial charge in [-0.2, -0.15) is 0 Å². The van der Waals surface area contributed by atoms with Crippen molar-refractivity contribution in [1.82, 2.24) is 16.0 Å². The maximum absolute atomic E-state index is 12.2. The molecule has 1 aromatic carbocycles. The lowest BCUT2D eigenvalue weighted by atomic mass is 10.1. The van der Waals surface area contributed by atoms with Gasteiger partial charge in [-0.15, -0.1) is 0 Å². The van der Waals surface area contributed by atoms with Crippen molar-refractivity contribution in [2.24, 2.45) is 0 Å². The zero-order valence-electron chi connectivity index (χ0n) is 18.7. The highest BCUT2D eigenvalue weighted by Crippen LogP contribution is 2.08. The third-order valence-electron chi connectivity index (χ3n) is 4.75. The molecule has 32 heavy (non-hydrogen) atoms. The molecule has 5 N–H and O–H groups in total. The third kappa shape index (κ3) is 11.1. The number of ketones is 2. The first-order valence-corrected chi connectivity index (χ1v) is 10.5. The molecule has 0 fully saturated rings. The number of hydrogen-bond acceptors (Lipinski definition) is 5. The fraction of sp³-hybridized carbons (Fsp3) is 0.500. The molecule has 0 saturated heterocycles. The van der Waals surface area contributed by atoms with Gasteiger partial charge in [0.1, 0.15) is 0 Å². The Labute approximate surface area is 187 Å². The Hall–Kier alpha value is -3.43. The number of benzene rings is 1. The normalized spacial score (nSPS) is 12.2. The second-order valence-corrected chi connectivity index (χ2v) is 7.62. The van der Waals surface area contributed by atoms with Gasteiger partial charge in [0.2, 0.25) is 0 Å². The Bertz CT molecular complexity index is 809. The van der Waals surface area contributed by atoms with Crippen molar-refractivity contribution in [2.75, 3.05) is 11.9 Å². The number of unbranched alkanes of at least 4 members (excludes halogenated alkanes) is 1. The van der Waals surface area contributed by atoms with Gasteiger partial charge in [-0.3, -0.25) is 14.4 Å². The number of urea groups is 2. The van der Waals surface area contributed by atoms with Crippen LogP contribution in [-0.4, -0.2) is 53.3 Å². The van der Waals surface area contributed by atoms with Crippen molar-refractivity contribution in [2.45, 2.75) is 65.0 Å². The van der Waals surface area contributed by atoms with E-state index >= 15 is 0 Å². The van der Waals surface area contributed by atoms with Crippen molar-refractivity contribution in [3.05, 3.63) is 29.8 Å². The van der Waals surface area contributed by atoms with Crippen LogP contribution in [0, 0.1) is 6.92 Å². The number of anilines is 1. The number of carboxylic acid groups (broad SMARTS) is 1. The molecule has 0 heterocycles. The smallest absolute Gasteiger partial charge is 0.319 e. The van der Waals surface area contributed by atoms with E-state index in [2.05, 4.69) is 21.3 Å². The van der Waals surface area contributed by atoms with Crippen LogP contribution in [0.5, 0.6) is 0 Å². The highest BCUT2D eigenvalue weighted by Gasteiger charge is 2.21. The highest BCUT2D eigenvalue weighted by molar-refractivity contribution is 5.90. The molecule has 2 unspecified atom stereocenters. The minimum absolute atomic E-state index is 0.0286. The molecule has 0 bridgehead atoms. The second kappa shape index (κ2) is 13.8. The summed E-state index contributed by atoms with van der Waals surface area (Å²) in [5.74, 6) is -1.67. The number of Topliss-reactive ketones (excluding diaryl/α,β-unsaturated/α-hetero) is 2. The molecule has 4 amide bonds. The summed E-state index contributed by atoms with van der Waals surface area (Å²) in [6, 6.07) is 4.69. The number of carboxylic acids is 1. The quantitative estimate of drug-likeness (QED) is 0.292. The average molecular weight is 449 g/mol. The predicted molar refractivity (Wildman–Crippen MR) is 120 cm³/mol. The SMILES string of the molecule is CC(=O)C(CCCCNC(=O)Nc1ccc(C)cc1)NC(=O)NC(CCC(=O)O)C(C)=O. The zero-order valence-corrected chi connectivity index (χ0v) is 18.7. The molecule has 10 heteroatoms. The molecule has 0 aliphatic heterocycles. The molecule has 0 aliphatic carbocycles. The lowest BCUT2D eigenvalue weighted by Crippen LogP contribution is -2.50. The van der Waals surface area contributed by atoms with Gasteiger partial charge < -0.3 is 26.4 Å². The van der Waals surface area contributed by atoms with Crippen LogP contribution in [0.15, 0.2) is 24.3 Å². The van der Waals surface area contributed by atoms with Crippen LogP contribution < -0.4 is 21.3 Å². The number of carbonyl (C=O) groups is 5. The van der Waals surface area contributed by atoms with Crippen LogP contribution in [-0.2, 0) is 14.4 Å². The molecule has 0 spiro atoms.